The molecule has 0 saturated carbocycles. The first-order valence-corrected chi connectivity index (χ1v) is 51.8. The van der Waals surface area contributed by atoms with Crippen LogP contribution in [0.1, 0.15) is 33.6 Å². The fourth-order valence-electron chi connectivity index (χ4n) is 7.38. The number of esters is 1. The molecule has 0 aliphatic heterocycles. The highest BCUT2D eigenvalue weighted by Crippen LogP contribution is 2.32. The van der Waals surface area contributed by atoms with Crippen molar-refractivity contribution in [2.45, 2.75) is 190 Å². The minimum absolute atomic E-state index is 0.143. The van der Waals surface area contributed by atoms with E-state index in [1.165, 1.54) is 0 Å². The van der Waals surface area contributed by atoms with E-state index in [1.54, 1.807) is 0 Å². The molecule has 0 spiro atoms. The maximum Gasteiger partial charge on any atom is 0.314 e. The molecule has 0 fully saturated rings. The molecule has 0 aromatic rings. The van der Waals surface area contributed by atoms with E-state index in [1.807, 2.05) is 20.8 Å². The highest BCUT2D eigenvalue weighted by Gasteiger charge is 2.51. The summed E-state index contributed by atoms with van der Waals surface area (Å²) in [6, 6.07) is 0.872. The van der Waals surface area contributed by atoms with E-state index < -0.39 is 99.1 Å². The monoisotopic (exact) mass is 970 g/mol. The molecule has 0 atom stereocenters. The summed E-state index contributed by atoms with van der Waals surface area (Å²) in [5, 5.41) is 0. The first-order chi connectivity index (χ1) is 23.8. The smallest absolute Gasteiger partial charge is 0.314 e. The van der Waals surface area contributed by atoms with Crippen LogP contribution in [0.4, 0.5) is 0 Å². The summed E-state index contributed by atoms with van der Waals surface area (Å²) < 4.78 is 72.9. The van der Waals surface area contributed by atoms with Crippen LogP contribution in [-0.4, -0.2) is 106 Å². The van der Waals surface area contributed by atoms with Gasteiger partial charge < -0.3 is 45.9 Å². The number of carbonyl (C=O) groups is 1. The Morgan fingerprint density at radius 1 is 0.400 bits per heavy atom. The maximum absolute atomic E-state index is 12.4. The molecular formula is C32H86O12Si11. The van der Waals surface area contributed by atoms with E-state index in [4.69, 9.17) is 45.9 Å². The molecule has 0 rings (SSSR count). The standard InChI is InChI=1S/C32H86O12Si11/c1-27-32(2,3)31(33)34-29-28-30-46(7,8)36-48(11,12)38-50(15,16)40-52(19,20)42-54(23,24)44-55(25,26)43-53(21,22)41-51(17,18)39-49(13,14)37-47(9,10)35-45(4,5)6/h27-30H2,1-26H3. The van der Waals surface area contributed by atoms with Crippen LogP contribution in [0.3, 0.4) is 0 Å². The predicted molar refractivity (Wildman–Crippen MR) is 253 cm³/mol. The lowest BCUT2D eigenvalue weighted by Gasteiger charge is -2.45. The average molecular weight is 972 g/mol. The molecule has 0 radical (unpaired) electrons. The minimum Gasteiger partial charge on any atom is -0.465 e. The summed E-state index contributed by atoms with van der Waals surface area (Å²) in [5.41, 5.74) is -0.460. The molecule has 330 valence electrons. The Bertz CT molecular complexity index is 1240. The van der Waals surface area contributed by atoms with Gasteiger partial charge in [-0.1, -0.05) is 6.92 Å². The Kier molecular flexibility index (Phi) is 20.2. The summed E-state index contributed by atoms with van der Waals surface area (Å²) in [6.45, 7) is 54.6. The van der Waals surface area contributed by atoms with E-state index >= 15 is 0 Å². The summed E-state index contributed by atoms with van der Waals surface area (Å²) in [4.78, 5) is 12.4. The molecule has 0 bridgehead atoms. The van der Waals surface area contributed by atoms with Crippen LogP contribution in [0.2, 0.25) is 157 Å². The zero-order valence-electron chi connectivity index (χ0n) is 40.2. The summed E-state index contributed by atoms with van der Waals surface area (Å²) in [5.74, 6) is -0.143. The number of rotatable bonds is 26. The van der Waals surface area contributed by atoms with Crippen LogP contribution in [0.5, 0.6) is 0 Å². The van der Waals surface area contributed by atoms with Crippen LogP contribution < -0.4 is 0 Å². The second kappa shape index (κ2) is 19.7. The molecule has 0 aromatic heterocycles. The lowest BCUT2D eigenvalue weighted by molar-refractivity contribution is -0.154. The molecule has 0 heterocycles. The molecule has 55 heavy (non-hydrogen) atoms. The van der Waals surface area contributed by atoms with E-state index in [0.29, 0.717) is 6.61 Å². The summed E-state index contributed by atoms with van der Waals surface area (Å²) in [7, 11) is -27.6. The van der Waals surface area contributed by atoms with Gasteiger partial charge in [-0.15, -0.1) is 0 Å². The molecule has 0 unspecified atom stereocenters. The van der Waals surface area contributed by atoms with Crippen LogP contribution in [0.25, 0.3) is 0 Å². The zero-order valence-corrected chi connectivity index (χ0v) is 51.2. The van der Waals surface area contributed by atoms with Gasteiger partial charge in [-0.25, -0.2) is 0 Å². The summed E-state index contributed by atoms with van der Waals surface area (Å²) in [6.07, 6.45) is 1.52. The lowest BCUT2D eigenvalue weighted by atomic mass is 9.91. The van der Waals surface area contributed by atoms with Crippen molar-refractivity contribution in [2.75, 3.05) is 6.61 Å². The molecule has 0 aromatic carbocycles. The Morgan fingerprint density at radius 3 is 0.873 bits per heavy atom. The zero-order chi connectivity index (χ0) is 44.2. The third-order valence-electron chi connectivity index (χ3n) is 7.60. The van der Waals surface area contributed by atoms with Crippen LogP contribution in [0.15, 0.2) is 0 Å². The van der Waals surface area contributed by atoms with Crippen molar-refractivity contribution in [3.63, 3.8) is 0 Å². The maximum atomic E-state index is 12.4. The Labute approximate surface area is 350 Å². The van der Waals surface area contributed by atoms with Gasteiger partial charge in [-0.3, -0.25) is 4.79 Å². The van der Waals surface area contributed by atoms with Crippen molar-refractivity contribution in [3.8, 4) is 0 Å². The Hall–Kier alpha value is 1.46. The normalized spacial score (nSPS) is 15.5. The number of ether oxygens (including phenoxy) is 1. The molecule has 0 aliphatic carbocycles. The highest BCUT2D eigenvalue weighted by molar-refractivity contribution is 6.93. The van der Waals surface area contributed by atoms with E-state index in [9.17, 15) is 4.79 Å². The Morgan fingerprint density at radius 2 is 0.636 bits per heavy atom. The van der Waals surface area contributed by atoms with Gasteiger partial charge in [0.05, 0.1) is 12.0 Å². The SMILES string of the molecule is CCC(C)(C)C(=O)OCCC[Si](C)(C)O[Si](C)(C)O[Si](C)(C)O[Si](C)(C)O[Si](C)(C)O[Si](C)(C)O[Si](C)(C)O[Si](C)(C)O[Si](C)(C)O[Si](C)(C)O[Si](C)(C)C. The van der Waals surface area contributed by atoms with Gasteiger partial charge in [0.2, 0.25) is 0 Å². The molecule has 0 N–H and O–H groups in total. The van der Waals surface area contributed by atoms with Gasteiger partial charge in [0.15, 0.2) is 16.6 Å². The van der Waals surface area contributed by atoms with Gasteiger partial charge in [-0.05, 0) is 183 Å². The van der Waals surface area contributed by atoms with E-state index in [0.717, 1.165) is 18.9 Å². The number of carbonyl (C=O) groups excluding carboxylic acids is 1. The Balaban J connectivity index is 5.45. The summed E-state index contributed by atoms with van der Waals surface area (Å²) >= 11 is 0. The largest absolute Gasteiger partial charge is 0.465 e. The average Bonchev–Trinajstić information content (AvgIpc) is 2.77. The highest BCUT2D eigenvalue weighted by atomic mass is 28.5. The second-order valence-corrected chi connectivity index (χ2v) is 62.6. The van der Waals surface area contributed by atoms with Crippen LogP contribution >= 0.6 is 0 Å². The van der Waals surface area contributed by atoms with Gasteiger partial charge in [0.25, 0.3) is 0 Å². The van der Waals surface area contributed by atoms with Crippen molar-refractivity contribution in [1.82, 2.24) is 0 Å². The first kappa shape index (κ1) is 56.5. The number of hydrogen-bond donors (Lipinski definition) is 0. The molecule has 0 saturated heterocycles. The van der Waals surface area contributed by atoms with Crippen molar-refractivity contribution in [1.29, 1.82) is 0 Å². The molecule has 0 amide bonds. The van der Waals surface area contributed by atoms with Gasteiger partial charge in [-0.2, -0.15) is 0 Å². The quantitative estimate of drug-likeness (QED) is 0.0466. The van der Waals surface area contributed by atoms with Gasteiger partial charge in [0, 0.05) is 0 Å². The van der Waals surface area contributed by atoms with Crippen molar-refractivity contribution >= 4 is 99.7 Å². The topological polar surface area (TPSA) is 119 Å². The second-order valence-electron chi connectivity index (χ2n) is 21.0. The van der Waals surface area contributed by atoms with Crippen LogP contribution in [0, 0.1) is 5.41 Å². The van der Waals surface area contributed by atoms with E-state index in [-0.39, 0.29) is 5.97 Å². The van der Waals surface area contributed by atoms with Crippen molar-refractivity contribution < 1.29 is 50.7 Å². The van der Waals surface area contributed by atoms with Crippen molar-refractivity contribution in [2.24, 2.45) is 5.41 Å². The third-order valence-corrected chi connectivity index (χ3v) is 49.2. The third kappa shape index (κ3) is 25.7. The van der Waals surface area contributed by atoms with Gasteiger partial charge in [0.1, 0.15) is 0 Å². The minimum atomic E-state index is -2.74. The molecule has 0 aliphatic rings. The molecule has 23 heteroatoms. The number of hydrogen-bond acceptors (Lipinski definition) is 12. The fourth-order valence-corrected chi connectivity index (χ4v) is 62.8. The van der Waals surface area contributed by atoms with Crippen molar-refractivity contribution in [3.05, 3.63) is 0 Å². The lowest BCUT2D eigenvalue weighted by Crippen LogP contribution is -2.62. The predicted octanol–water partition coefficient (Wildman–Crippen LogP) is 10.9. The van der Waals surface area contributed by atoms with E-state index in [2.05, 4.69) is 151 Å². The molecule has 12 nitrogen and oxygen atoms in total. The fraction of sp³-hybridized carbons (Fsp3) is 0.969. The van der Waals surface area contributed by atoms with Gasteiger partial charge >= 0.3 is 83.0 Å². The first-order valence-electron chi connectivity index (χ1n) is 19.9. The van der Waals surface area contributed by atoms with Crippen LogP contribution in [-0.2, 0) is 50.7 Å². The molecular weight excluding hydrogens is 885 g/mol.